The molecule has 1 aliphatic heterocycles. The predicted octanol–water partition coefficient (Wildman–Crippen LogP) is 5.29. The third kappa shape index (κ3) is 4.75. The van der Waals surface area contributed by atoms with E-state index in [1.807, 2.05) is 49.2 Å². The minimum atomic E-state index is -0.431. The quantitative estimate of drug-likeness (QED) is 0.357. The molecule has 35 heavy (non-hydrogen) atoms. The van der Waals surface area contributed by atoms with Crippen LogP contribution in [0.25, 0.3) is 11.3 Å². The molecule has 1 atom stereocenters. The highest BCUT2D eigenvalue weighted by atomic mass is 79.9. The lowest BCUT2D eigenvalue weighted by Crippen LogP contribution is -2.26. The minimum absolute atomic E-state index is 0.270. The van der Waals surface area contributed by atoms with Gasteiger partial charge in [-0.1, -0.05) is 6.07 Å². The summed E-state index contributed by atoms with van der Waals surface area (Å²) in [4.78, 5) is 4.13. The number of benzene rings is 1. The molecular weight excluding hydrogens is 515 g/mol. The molecule has 3 aromatic heterocycles. The van der Waals surface area contributed by atoms with Crippen molar-refractivity contribution in [2.45, 2.75) is 52.5 Å². The SMILES string of the molecule is Cc1cc(-c2cc(F)ccc2[C@H](C)Oc2cc(Br)cnc2N)n(Cc2cc3n(n2)CC(C)(C)O3)n1. The number of fused-ring (bicyclic) bond motifs is 1. The summed E-state index contributed by atoms with van der Waals surface area (Å²) < 4.78 is 31.0. The van der Waals surface area contributed by atoms with Gasteiger partial charge < -0.3 is 15.2 Å². The first-order chi connectivity index (χ1) is 16.6. The minimum Gasteiger partial charge on any atom is -0.482 e. The maximum atomic E-state index is 14.4. The van der Waals surface area contributed by atoms with Crippen LogP contribution < -0.4 is 15.2 Å². The van der Waals surface area contributed by atoms with Gasteiger partial charge in [-0.3, -0.25) is 4.68 Å². The molecule has 8 nitrogen and oxygen atoms in total. The van der Waals surface area contributed by atoms with Crippen LogP contribution in [0.1, 0.15) is 43.8 Å². The zero-order chi connectivity index (χ0) is 24.9. The van der Waals surface area contributed by atoms with Crippen LogP contribution >= 0.6 is 15.9 Å². The second-order valence-electron chi connectivity index (χ2n) is 9.35. The van der Waals surface area contributed by atoms with Crippen LogP contribution in [0.4, 0.5) is 10.2 Å². The normalized spacial score (nSPS) is 15.0. The van der Waals surface area contributed by atoms with E-state index in [1.165, 1.54) is 12.1 Å². The Morgan fingerprint density at radius 3 is 2.80 bits per heavy atom. The van der Waals surface area contributed by atoms with E-state index >= 15 is 0 Å². The summed E-state index contributed by atoms with van der Waals surface area (Å²) in [6.07, 6.45) is 1.18. The van der Waals surface area contributed by atoms with E-state index < -0.39 is 6.10 Å². The number of hydrogen-bond donors (Lipinski definition) is 1. The van der Waals surface area contributed by atoms with E-state index in [0.29, 0.717) is 24.4 Å². The summed E-state index contributed by atoms with van der Waals surface area (Å²) in [7, 11) is 0. The fourth-order valence-electron chi connectivity index (χ4n) is 4.32. The number of anilines is 1. The molecule has 0 amide bonds. The van der Waals surface area contributed by atoms with E-state index in [-0.39, 0.29) is 17.2 Å². The van der Waals surface area contributed by atoms with Gasteiger partial charge in [-0.2, -0.15) is 10.2 Å². The van der Waals surface area contributed by atoms with Gasteiger partial charge in [0.25, 0.3) is 0 Å². The Morgan fingerprint density at radius 1 is 1.23 bits per heavy atom. The summed E-state index contributed by atoms with van der Waals surface area (Å²) >= 11 is 3.39. The predicted molar refractivity (Wildman–Crippen MR) is 134 cm³/mol. The molecule has 10 heteroatoms. The number of rotatable bonds is 6. The van der Waals surface area contributed by atoms with Gasteiger partial charge >= 0.3 is 0 Å². The molecule has 0 saturated heterocycles. The lowest BCUT2D eigenvalue weighted by molar-refractivity contribution is 0.135. The van der Waals surface area contributed by atoms with Gasteiger partial charge in [0.2, 0.25) is 5.88 Å². The Labute approximate surface area is 211 Å². The number of aromatic nitrogens is 5. The first-order valence-electron chi connectivity index (χ1n) is 11.3. The smallest absolute Gasteiger partial charge is 0.212 e. The molecule has 1 aromatic carbocycles. The number of aryl methyl sites for hydroxylation is 1. The lowest BCUT2D eigenvalue weighted by Gasteiger charge is -2.20. The first-order valence-corrected chi connectivity index (χ1v) is 12.0. The van der Waals surface area contributed by atoms with E-state index in [9.17, 15) is 4.39 Å². The highest BCUT2D eigenvalue weighted by Crippen LogP contribution is 2.35. The number of hydrogen-bond acceptors (Lipinski definition) is 6. The van der Waals surface area contributed by atoms with Gasteiger partial charge in [-0.05, 0) is 67.9 Å². The van der Waals surface area contributed by atoms with Crippen molar-refractivity contribution in [2.24, 2.45) is 0 Å². The third-order valence-corrected chi connectivity index (χ3v) is 6.23. The van der Waals surface area contributed by atoms with E-state index in [1.54, 1.807) is 18.3 Å². The molecule has 0 fully saturated rings. The van der Waals surface area contributed by atoms with Crippen molar-refractivity contribution in [1.29, 1.82) is 0 Å². The molecule has 0 radical (unpaired) electrons. The van der Waals surface area contributed by atoms with Crippen LogP contribution in [0.2, 0.25) is 0 Å². The molecular formula is C25H26BrFN6O2. The molecule has 4 aromatic rings. The topological polar surface area (TPSA) is 93.0 Å². The molecule has 0 bridgehead atoms. The van der Waals surface area contributed by atoms with Crippen molar-refractivity contribution in [2.75, 3.05) is 5.73 Å². The molecule has 1 aliphatic rings. The van der Waals surface area contributed by atoms with Crippen LogP contribution in [0.5, 0.6) is 11.6 Å². The van der Waals surface area contributed by atoms with Crippen LogP contribution in [-0.2, 0) is 13.1 Å². The highest BCUT2D eigenvalue weighted by molar-refractivity contribution is 9.10. The number of halogens is 2. The van der Waals surface area contributed by atoms with Crippen LogP contribution in [0, 0.1) is 12.7 Å². The number of nitrogens with two attached hydrogens (primary N) is 1. The van der Waals surface area contributed by atoms with Crippen molar-refractivity contribution < 1.29 is 13.9 Å². The molecule has 2 N–H and O–H groups in total. The second-order valence-corrected chi connectivity index (χ2v) is 10.3. The van der Waals surface area contributed by atoms with Gasteiger partial charge in [0.1, 0.15) is 17.5 Å². The van der Waals surface area contributed by atoms with E-state index in [2.05, 4.69) is 31.1 Å². The van der Waals surface area contributed by atoms with Crippen LogP contribution in [0.15, 0.2) is 47.1 Å². The van der Waals surface area contributed by atoms with Crippen molar-refractivity contribution in [1.82, 2.24) is 24.5 Å². The van der Waals surface area contributed by atoms with Crippen molar-refractivity contribution in [3.63, 3.8) is 0 Å². The monoisotopic (exact) mass is 540 g/mol. The zero-order valence-electron chi connectivity index (χ0n) is 19.9. The Morgan fingerprint density at radius 2 is 2.03 bits per heavy atom. The number of ether oxygens (including phenoxy) is 2. The van der Waals surface area contributed by atoms with Crippen LogP contribution in [-0.4, -0.2) is 30.1 Å². The van der Waals surface area contributed by atoms with Gasteiger partial charge in [-0.25, -0.2) is 14.1 Å². The van der Waals surface area contributed by atoms with Gasteiger partial charge in [-0.15, -0.1) is 0 Å². The van der Waals surface area contributed by atoms with Gasteiger partial charge in [0.15, 0.2) is 11.6 Å². The number of nitrogen functional groups attached to an aromatic ring is 1. The summed E-state index contributed by atoms with van der Waals surface area (Å²) in [5.41, 5.74) is 9.60. The molecule has 0 saturated carbocycles. The largest absolute Gasteiger partial charge is 0.482 e. The summed E-state index contributed by atoms with van der Waals surface area (Å²) in [5, 5.41) is 9.34. The molecule has 5 rings (SSSR count). The lowest BCUT2D eigenvalue weighted by atomic mass is 9.99. The summed E-state index contributed by atoms with van der Waals surface area (Å²) in [6, 6.07) is 10.3. The van der Waals surface area contributed by atoms with E-state index in [4.69, 9.17) is 15.2 Å². The maximum absolute atomic E-state index is 14.4. The first kappa shape index (κ1) is 23.3. The van der Waals surface area contributed by atoms with Crippen LogP contribution in [0.3, 0.4) is 0 Å². The standard InChI is InChI=1S/C25H26BrFN6O2/c1-14-7-21(32(30-14)12-18-10-23-33(31-18)13-25(3,4)35-23)20-9-17(27)5-6-19(20)15(2)34-22-8-16(26)11-29-24(22)28/h5-11,15H,12-13H2,1-4H3,(H2,28,29)/t15-/m0/s1. The molecule has 0 aliphatic carbocycles. The second kappa shape index (κ2) is 8.67. The third-order valence-electron chi connectivity index (χ3n) is 5.80. The Bertz CT molecular complexity index is 1390. The molecule has 4 heterocycles. The van der Waals surface area contributed by atoms with E-state index in [0.717, 1.165) is 33.0 Å². The van der Waals surface area contributed by atoms with Gasteiger partial charge in [0, 0.05) is 27.9 Å². The molecule has 0 unspecified atom stereocenters. The Kier molecular flexibility index (Phi) is 5.79. The van der Waals surface area contributed by atoms with Crippen molar-refractivity contribution in [3.8, 4) is 22.9 Å². The average molecular weight is 541 g/mol. The Balaban J connectivity index is 1.48. The zero-order valence-corrected chi connectivity index (χ0v) is 21.5. The average Bonchev–Trinajstić information content (AvgIpc) is 3.40. The molecule has 0 spiro atoms. The van der Waals surface area contributed by atoms with Crippen molar-refractivity contribution >= 4 is 21.7 Å². The fraction of sp³-hybridized carbons (Fsp3) is 0.320. The summed E-state index contributed by atoms with van der Waals surface area (Å²) in [5.74, 6) is 1.12. The number of nitrogens with zero attached hydrogens (tertiary/aromatic N) is 5. The number of pyridine rings is 1. The summed E-state index contributed by atoms with van der Waals surface area (Å²) in [6.45, 7) is 8.96. The fourth-order valence-corrected chi connectivity index (χ4v) is 4.63. The molecule has 182 valence electrons. The highest BCUT2D eigenvalue weighted by Gasteiger charge is 2.31. The van der Waals surface area contributed by atoms with Crippen molar-refractivity contribution in [3.05, 3.63) is 69.8 Å². The van der Waals surface area contributed by atoms with Gasteiger partial charge in [0.05, 0.1) is 30.2 Å². The maximum Gasteiger partial charge on any atom is 0.212 e. The Hall–Kier alpha value is -3.40.